The molecular weight excluding hydrogens is 362 g/mol. The van der Waals surface area contributed by atoms with Gasteiger partial charge in [-0.1, -0.05) is 6.07 Å². The summed E-state index contributed by atoms with van der Waals surface area (Å²) in [5.41, 5.74) is 3.19. The van der Waals surface area contributed by atoms with E-state index in [0.29, 0.717) is 6.54 Å². The molecular formula is C19H29N5O2S. The maximum Gasteiger partial charge on any atom is 0.211 e. The molecule has 0 aliphatic carbocycles. The third-order valence-corrected chi connectivity index (χ3v) is 6.42. The first-order valence-corrected chi connectivity index (χ1v) is 11.3. The van der Waals surface area contributed by atoms with E-state index in [4.69, 9.17) is 0 Å². The average molecular weight is 392 g/mol. The van der Waals surface area contributed by atoms with Gasteiger partial charge in [-0.2, -0.15) is 9.40 Å². The van der Waals surface area contributed by atoms with E-state index < -0.39 is 10.0 Å². The van der Waals surface area contributed by atoms with Crippen molar-refractivity contribution in [2.24, 2.45) is 0 Å². The Morgan fingerprint density at radius 1 is 1.37 bits per heavy atom. The summed E-state index contributed by atoms with van der Waals surface area (Å²) < 4.78 is 28.5. The van der Waals surface area contributed by atoms with Crippen LogP contribution in [0.25, 0.3) is 0 Å². The molecule has 1 aliphatic heterocycles. The molecule has 3 rings (SSSR count). The minimum Gasteiger partial charge on any atom is -0.297 e. The molecule has 0 bridgehead atoms. The summed E-state index contributed by atoms with van der Waals surface area (Å²) in [6, 6.07) is 3.75. The monoisotopic (exact) mass is 391 g/mol. The first kappa shape index (κ1) is 20.0. The molecule has 0 spiro atoms. The van der Waals surface area contributed by atoms with Gasteiger partial charge in [-0.25, -0.2) is 8.42 Å². The highest BCUT2D eigenvalue weighted by atomic mass is 32.2. The largest absolute Gasteiger partial charge is 0.297 e. The molecule has 1 unspecified atom stereocenters. The molecule has 0 amide bonds. The highest BCUT2D eigenvalue weighted by Gasteiger charge is 2.31. The van der Waals surface area contributed by atoms with Crippen LogP contribution in [-0.4, -0.2) is 57.8 Å². The van der Waals surface area contributed by atoms with Crippen LogP contribution in [0.2, 0.25) is 0 Å². The molecule has 1 saturated heterocycles. The van der Waals surface area contributed by atoms with Crippen LogP contribution < -0.4 is 0 Å². The van der Waals surface area contributed by atoms with Crippen molar-refractivity contribution in [2.45, 2.75) is 52.4 Å². The lowest BCUT2D eigenvalue weighted by atomic mass is 10.0. The van der Waals surface area contributed by atoms with E-state index >= 15 is 0 Å². The van der Waals surface area contributed by atoms with Gasteiger partial charge in [-0.15, -0.1) is 0 Å². The molecule has 0 saturated carbocycles. The Kier molecular flexibility index (Phi) is 6.29. The fraction of sp³-hybridized carbons (Fsp3) is 0.579. The maximum atomic E-state index is 12.5. The highest BCUT2D eigenvalue weighted by molar-refractivity contribution is 7.88. The normalized spacial score (nSPS) is 18.9. The fourth-order valence-electron chi connectivity index (χ4n) is 3.72. The molecule has 148 valence electrons. The lowest BCUT2D eigenvalue weighted by molar-refractivity contribution is 0.139. The van der Waals surface area contributed by atoms with Gasteiger partial charge in [-0.3, -0.25) is 14.6 Å². The summed E-state index contributed by atoms with van der Waals surface area (Å²) in [5, 5.41) is 4.52. The summed E-state index contributed by atoms with van der Waals surface area (Å²) >= 11 is 0. The van der Waals surface area contributed by atoms with Crippen LogP contribution in [0.1, 0.15) is 36.6 Å². The molecule has 2 aromatic rings. The quantitative estimate of drug-likeness (QED) is 0.722. The number of piperidine rings is 1. The molecule has 0 aromatic carbocycles. The molecule has 7 nitrogen and oxygen atoms in total. The first-order chi connectivity index (χ1) is 12.9. The number of rotatable bonds is 7. The predicted molar refractivity (Wildman–Crippen MR) is 106 cm³/mol. The van der Waals surface area contributed by atoms with Crippen LogP contribution in [-0.2, 0) is 29.7 Å². The maximum absolute atomic E-state index is 12.5. The Balaban J connectivity index is 1.73. The van der Waals surface area contributed by atoms with Crippen molar-refractivity contribution in [1.82, 2.24) is 24.0 Å². The second kappa shape index (κ2) is 8.50. The molecule has 3 heterocycles. The van der Waals surface area contributed by atoms with Gasteiger partial charge in [0.1, 0.15) is 0 Å². The lowest BCUT2D eigenvalue weighted by Gasteiger charge is -2.38. The van der Waals surface area contributed by atoms with Crippen molar-refractivity contribution in [3.63, 3.8) is 0 Å². The van der Waals surface area contributed by atoms with Crippen molar-refractivity contribution >= 4 is 10.0 Å². The van der Waals surface area contributed by atoms with Crippen LogP contribution in [0.15, 0.2) is 30.7 Å². The molecule has 0 radical (unpaired) electrons. The number of pyridine rings is 1. The Hall–Kier alpha value is -1.77. The molecule has 1 fully saturated rings. The summed E-state index contributed by atoms with van der Waals surface area (Å²) in [6.45, 7) is 7.88. The summed E-state index contributed by atoms with van der Waals surface area (Å²) in [7, 11) is -3.30. The van der Waals surface area contributed by atoms with E-state index in [1.165, 1.54) is 11.8 Å². The number of aryl methyl sites for hydroxylation is 2. The third kappa shape index (κ3) is 5.15. The van der Waals surface area contributed by atoms with Crippen molar-refractivity contribution in [1.29, 1.82) is 0 Å². The van der Waals surface area contributed by atoms with Crippen molar-refractivity contribution in [2.75, 3.05) is 19.3 Å². The Morgan fingerprint density at radius 3 is 2.81 bits per heavy atom. The summed E-state index contributed by atoms with van der Waals surface area (Å²) in [6.07, 6.45) is 8.72. The van der Waals surface area contributed by atoms with Gasteiger partial charge < -0.3 is 0 Å². The van der Waals surface area contributed by atoms with E-state index in [9.17, 15) is 8.42 Å². The van der Waals surface area contributed by atoms with Gasteiger partial charge in [-0.05, 0) is 44.9 Å². The standard InChI is InChI=1S/C19H29N5O2S/c1-4-23-14-18(16(2)21-23)13-22-10-6-8-19(15-22)24(27(3,25)26)12-17-7-5-9-20-11-17/h5,7,9,11,14,19H,4,6,8,10,12-13,15H2,1-3H3. The van der Waals surface area contributed by atoms with Crippen LogP contribution in [0.5, 0.6) is 0 Å². The van der Waals surface area contributed by atoms with Crippen LogP contribution in [0.4, 0.5) is 0 Å². The second-order valence-electron chi connectivity index (χ2n) is 7.30. The summed E-state index contributed by atoms with van der Waals surface area (Å²) in [4.78, 5) is 6.46. The molecule has 1 aliphatic rings. The molecule has 0 N–H and O–H groups in total. The van der Waals surface area contributed by atoms with Crippen LogP contribution in [0, 0.1) is 6.92 Å². The number of nitrogens with zero attached hydrogens (tertiary/aromatic N) is 5. The zero-order valence-electron chi connectivity index (χ0n) is 16.4. The molecule has 2 aromatic heterocycles. The number of hydrogen-bond acceptors (Lipinski definition) is 5. The Bertz CT molecular complexity index is 850. The van der Waals surface area contributed by atoms with Gasteiger partial charge >= 0.3 is 0 Å². The van der Waals surface area contributed by atoms with Crippen molar-refractivity contribution in [3.8, 4) is 0 Å². The second-order valence-corrected chi connectivity index (χ2v) is 9.23. The topological polar surface area (TPSA) is 71.3 Å². The Labute approximate surface area is 162 Å². The first-order valence-electron chi connectivity index (χ1n) is 9.48. The van der Waals surface area contributed by atoms with Crippen molar-refractivity contribution < 1.29 is 8.42 Å². The zero-order chi connectivity index (χ0) is 19.4. The minimum absolute atomic E-state index is 0.0181. The van der Waals surface area contributed by atoms with Gasteiger partial charge in [0.15, 0.2) is 0 Å². The van der Waals surface area contributed by atoms with Crippen LogP contribution in [0.3, 0.4) is 0 Å². The SMILES string of the molecule is CCn1cc(CN2CCCC(N(Cc3cccnc3)S(C)(=O)=O)C2)c(C)n1. The minimum atomic E-state index is -3.30. The number of hydrogen-bond donors (Lipinski definition) is 0. The van der Waals surface area contributed by atoms with Gasteiger partial charge in [0.2, 0.25) is 10.0 Å². The molecule has 1 atom stereocenters. The van der Waals surface area contributed by atoms with Crippen molar-refractivity contribution in [3.05, 3.63) is 47.5 Å². The Morgan fingerprint density at radius 2 is 2.19 bits per heavy atom. The summed E-state index contributed by atoms with van der Waals surface area (Å²) in [5.74, 6) is 0. The molecule has 27 heavy (non-hydrogen) atoms. The van der Waals surface area contributed by atoms with E-state index in [1.807, 2.05) is 23.7 Å². The number of aromatic nitrogens is 3. The van der Waals surface area contributed by atoms with Gasteiger partial charge in [0.05, 0.1) is 11.9 Å². The van der Waals surface area contributed by atoms with Crippen LogP contribution >= 0.6 is 0 Å². The predicted octanol–water partition coefficient (Wildman–Crippen LogP) is 2.03. The smallest absolute Gasteiger partial charge is 0.211 e. The van der Waals surface area contributed by atoms with Gasteiger partial charge in [0, 0.05) is 56.4 Å². The van der Waals surface area contributed by atoms with E-state index in [2.05, 4.69) is 28.1 Å². The number of likely N-dealkylation sites (tertiary alicyclic amines) is 1. The van der Waals surface area contributed by atoms with E-state index in [-0.39, 0.29) is 6.04 Å². The lowest BCUT2D eigenvalue weighted by Crippen LogP contribution is -2.49. The highest BCUT2D eigenvalue weighted by Crippen LogP contribution is 2.22. The molecule has 8 heteroatoms. The average Bonchev–Trinajstić information content (AvgIpc) is 2.99. The third-order valence-electron chi connectivity index (χ3n) is 5.14. The fourth-order valence-corrected chi connectivity index (χ4v) is 4.81. The van der Waals surface area contributed by atoms with Gasteiger partial charge in [0.25, 0.3) is 0 Å². The van der Waals surface area contributed by atoms with E-state index in [1.54, 1.807) is 16.7 Å². The zero-order valence-corrected chi connectivity index (χ0v) is 17.2. The van der Waals surface area contributed by atoms with E-state index in [0.717, 1.165) is 50.3 Å². The number of sulfonamides is 1.